The highest BCUT2D eigenvalue weighted by molar-refractivity contribution is 6.15. The summed E-state index contributed by atoms with van der Waals surface area (Å²) >= 11 is 0. The Labute approximate surface area is 136 Å². The number of carbonyl (C=O) groups is 2. The number of nitrogens with one attached hydrogen (secondary N) is 2. The average molecular weight is 317 g/mol. The molecule has 2 heterocycles. The van der Waals surface area contributed by atoms with E-state index >= 15 is 0 Å². The molecule has 0 unspecified atom stereocenters. The van der Waals surface area contributed by atoms with E-state index in [1.165, 1.54) is 6.92 Å². The standard InChI is InChI=1S/C17H23N3O3/c1-11-4-5-14-13(10-11)19-16(22)17(2,23-14)15(21)18-12-6-8-20(3)9-7-12/h4-5,10,12H,6-9H2,1-3H3,(H,18,21)(H,19,22)/t17-/m0/s1. The molecule has 2 N–H and O–H groups in total. The summed E-state index contributed by atoms with van der Waals surface area (Å²) in [7, 11) is 2.07. The van der Waals surface area contributed by atoms with E-state index in [-0.39, 0.29) is 11.9 Å². The van der Waals surface area contributed by atoms with Gasteiger partial charge in [-0.3, -0.25) is 9.59 Å². The van der Waals surface area contributed by atoms with Crippen molar-refractivity contribution in [2.75, 3.05) is 25.5 Å². The predicted molar refractivity (Wildman–Crippen MR) is 87.5 cm³/mol. The van der Waals surface area contributed by atoms with Crippen molar-refractivity contribution in [1.82, 2.24) is 10.2 Å². The third kappa shape index (κ3) is 3.03. The van der Waals surface area contributed by atoms with Gasteiger partial charge in [-0.25, -0.2) is 0 Å². The van der Waals surface area contributed by atoms with Gasteiger partial charge in [-0.2, -0.15) is 0 Å². The zero-order valence-electron chi connectivity index (χ0n) is 13.8. The van der Waals surface area contributed by atoms with E-state index in [1.54, 1.807) is 6.07 Å². The first-order chi connectivity index (χ1) is 10.9. The fraction of sp³-hybridized carbons (Fsp3) is 0.529. The van der Waals surface area contributed by atoms with Crippen molar-refractivity contribution in [2.24, 2.45) is 0 Å². The monoisotopic (exact) mass is 317 g/mol. The van der Waals surface area contributed by atoms with Crippen LogP contribution in [0.5, 0.6) is 5.75 Å². The Balaban J connectivity index is 1.74. The van der Waals surface area contributed by atoms with Crippen molar-refractivity contribution in [3.63, 3.8) is 0 Å². The van der Waals surface area contributed by atoms with Crippen LogP contribution in [0.3, 0.4) is 0 Å². The molecule has 2 aliphatic heterocycles. The Hall–Kier alpha value is -2.08. The third-order valence-corrected chi connectivity index (χ3v) is 4.62. The van der Waals surface area contributed by atoms with Gasteiger partial charge in [-0.05, 0) is 64.5 Å². The quantitative estimate of drug-likeness (QED) is 0.807. The van der Waals surface area contributed by atoms with Crippen LogP contribution in [-0.4, -0.2) is 48.5 Å². The summed E-state index contributed by atoms with van der Waals surface area (Å²) in [4.78, 5) is 27.3. The minimum Gasteiger partial charge on any atom is -0.466 e. The molecule has 1 saturated heterocycles. The highest BCUT2D eigenvalue weighted by atomic mass is 16.5. The summed E-state index contributed by atoms with van der Waals surface area (Å²) in [5.74, 6) is -0.284. The lowest BCUT2D eigenvalue weighted by molar-refractivity contribution is -0.147. The van der Waals surface area contributed by atoms with Crippen LogP contribution in [0.2, 0.25) is 0 Å². The van der Waals surface area contributed by atoms with Crippen LogP contribution < -0.4 is 15.4 Å². The van der Waals surface area contributed by atoms with E-state index < -0.39 is 11.5 Å². The zero-order valence-corrected chi connectivity index (χ0v) is 13.8. The number of aryl methyl sites for hydroxylation is 1. The molecule has 0 bridgehead atoms. The molecule has 0 saturated carbocycles. The van der Waals surface area contributed by atoms with E-state index in [9.17, 15) is 9.59 Å². The first-order valence-electron chi connectivity index (χ1n) is 7.99. The molecule has 0 aromatic heterocycles. The number of fused-ring (bicyclic) bond motifs is 1. The minimum atomic E-state index is -1.54. The van der Waals surface area contributed by atoms with Crippen molar-refractivity contribution >= 4 is 17.5 Å². The first kappa shape index (κ1) is 15.8. The van der Waals surface area contributed by atoms with Gasteiger partial charge < -0.3 is 20.3 Å². The van der Waals surface area contributed by atoms with E-state index in [2.05, 4.69) is 22.6 Å². The summed E-state index contributed by atoms with van der Waals surface area (Å²) in [6.45, 7) is 5.34. The Morgan fingerprint density at radius 3 is 2.78 bits per heavy atom. The molecule has 124 valence electrons. The number of amides is 2. The SMILES string of the molecule is Cc1ccc2c(c1)NC(=O)[C@](C)(C(=O)NC1CCN(C)CC1)O2. The summed E-state index contributed by atoms with van der Waals surface area (Å²) in [6.07, 6.45) is 1.77. The molecule has 6 heteroatoms. The molecule has 0 radical (unpaired) electrons. The molecule has 1 aromatic carbocycles. The van der Waals surface area contributed by atoms with Crippen LogP contribution in [-0.2, 0) is 9.59 Å². The molecule has 23 heavy (non-hydrogen) atoms. The fourth-order valence-corrected chi connectivity index (χ4v) is 2.96. The number of hydrogen-bond donors (Lipinski definition) is 2. The molecular weight excluding hydrogens is 294 g/mol. The molecule has 0 spiro atoms. The Kier molecular flexibility index (Phi) is 4.02. The predicted octanol–water partition coefficient (Wildman–Crippen LogP) is 1.30. The van der Waals surface area contributed by atoms with Crippen LogP contribution in [0.1, 0.15) is 25.3 Å². The maximum Gasteiger partial charge on any atom is 0.278 e. The second-order valence-electron chi connectivity index (χ2n) is 6.64. The Morgan fingerprint density at radius 2 is 2.09 bits per heavy atom. The van der Waals surface area contributed by atoms with E-state index in [0.29, 0.717) is 11.4 Å². The van der Waals surface area contributed by atoms with Gasteiger partial charge in [0.15, 0.2) is 0 Å². The molecule has 3 rings (SSSR count). The maximum absolute atomic E-state index is 12.6. The fourth-order valence-electron chi connectivity index (χ4n) is 2.96. The number of likely N-dealkylation sites (tertiary alicyclic amines) is 1. The molecule has 2 amide bonds. The van der Waals surface area contributed by atoms with Crippen LogP contribution in [0.4, 0.5) is 5.69 Å². The van der Waals surface area contributed by atoms with E-state index in [0.717, 1.165) is 31.5 Å². The second kappa shape index (κ2) is 5.85. The number of anilines is 1. The number of hydrogen-bond acceptors (Lipinski definition) is 4. The number of benzene rings is 1. The van der Waals surface area contributed by atoms with Crippen molar-refractivity contribution in [3.05, 3.63) is 23.8 Å². The van der Waals surface area contributed by atoms with Gasteiger partial charge in [-0.1, -0.05) is 6.07 Å². The molecule has 1 fully saturated rings. The maximum atomic E-state index is 12.6. The van der Waals surface area contributed by atoms with Crippen LogP contribution >= 0.6 is 0 Å². The molecule has 2 aliphatic rings. The van der Waals surface area contributed by atoms with Crippen LogP contribution in [0.15, 0.2) is 18.2 Å². The molecular formula is C17H23N3O3. The smallest absolute Gasteiger partial charge is 0.278 e. The topological polar surface area (TPSA) is 70.7 Å². The highest BCUT2D eigenvalue weighted by Crippen LogP contribution is 2.34. The second-order valence-corrected chi connectivity index (χ2v) is 6.64. The van der Waals surface area contributed by atoms with Crippen molar-refractivity contribution in [3.8, 4) is 5.75 Å². The summed E-state index contributed by atoms with van der Waals surface area (Å²) in [5, 5.41) is 5.75. The van der Waals surface area contributed by atoms with Crippen LogP contribution in [0.25, 0.3) is 0 Å². The zero-order chi connectivity index (χ0) is 16.6. The highest BCUT2D eigenvalue weighted by Gasteiger charge is 2.47. The molecule has 0 aliphatic carbocycles. The lowest BCUT2D eigenvalue weighted by Gasteiger charge is -2.36. The van der Waals surface area contributed by atoms with Crippen LogP contribution in [0, 0.1) is 6.92 Å². The van der Waals surface area contributed by atoms with Gasteiger partial charge in [0.25, 0.3) is 17.4 Å². The van der Waals surface area contributed by atoms with E-state index in [4.69, 9.17) is 4.74 Å². The van der Waals surface area contributed by atoms with Crippen molar-refractivity contribution in [1.29, 1.82) is 0 Å². The Bertz CT molecular complexity index is 638. The Morgan fingerprint density at radius 1 is 1.39 bits per heavy atom. The van der Waals surface area contributed by atoms with E-state index in [1.807, 2.05) is 19.1 Å². The molecule has 1 aromatic rings. The summed E-state index contributed by atoms with van der Waals surface area (Å²) in [5.41, 5.74) is 0.0950. The van der Waals surface area contributed by atoms with Crippen molar-refractivity contribution < 1.29 is 14.3 Å². The number of ether oxygens (including phenoxy) is 1. The number of rotatable bonds is 2. The molecule has 1 atom stereocenters. The van der Waals surface area contributed by atoms with Gasteiger partial charge in [0.2, 0.25) is 0 Å². The number of piperidine rings is 1. The van der Waals surface area contributed by atoms with Gasteiger partial charge >= 0.3 is 0 Å². The number of carbonyl (C=O) groups excluding carboxylic acids is 2. The van der Waals surface area contributed by atoms with Crippen molar-refractivity contribution in [2.45, 2.75) is 38.3 Å². The van der Waals surface area contributed by atoms with Gasteiger partial charge in [0, 0.05) is 6.04 Å². The van der Waals surface area contributed by atoms with Gasteiger partial charge in [0.1, 0.15) is 5.75 Å². The summed E-state index contributed by atoms with van der Waals surface area (Å²) < 4.78 is 5.78. The normalized spacial score (nSPS) is 25.3. The largest absolute Gasteiger partial charge is 0.466 e. The lowest BCUT2D eigenvalue weighted by Crippen LogP contribution is -2.61. The lowest BCUT2D eigenvalue weighted by atomic mass is 9.99. The summed E-state index contributed by atoms with van der Waals surface area (Å²) in [6, 6.07) is 5.60. The van der Waals surface area contributed by atoms with Gasteiger partial charge in [0.05, 0.1) is 5.69 Å². The number of nitrogens with zero attached hydrogens (tertiary/aromatic N) is 1. The minimum absolute atomic E-state index is 0.0892. The molecule has 6 nitrogen and oxygen atoms in total. The average Bonchev–Trinajstić information content (AvgIpc) is 2.51. The third-order valence-electron chi connectivity index (χ3n) is 4.62. The van der Waals surface area contributed by atoms with Gasteiger partial charge in [-0.15, -0.1) is 0 Å². The first-order valence-corrected chi connectivity index (χ1v) is 7.99.